The Labute approximate surface area is 292 Å². The highest BCUT2D eigenvalue weighted by Gasteiger charge is 2.32. The first kappa shape index (κ1) is 34.4. The lowest BCUT2D eigenvalue weighted by Gasteiger charge is -2.36. The van der Waals surface area contributed by atoms with Gasteiger partial charge in [-0.25, -0.2) is 0 Å². The minimum absolute atomic E-state index is 0.141. The number of hydrogen-bond donors (Lipinski definition) is 1. The van der Waals surface area contributed by atoms with E-state index in [-0.39, 0.29) is 40.8 Å². The molecule has 0 spiro atoms. The fraction of sp³-hybridized carbons (Fsp3) is 0.400. The standard InChI is InChI=1S/C40H44ClN3O5/c1-40(2,3)29-13-16-35-32(23-29)34(45)24-36(49-35)38(47)42-33(22-26-11-14-30(41)15-12-26)39(48)43-20-17-27(18-21-43)31-9-5-4-8-28(31)25-44-19-7-6-10-37(44)46/h4-5,8-9,11-16,23-24,27,33H,6-7,10,17-22,25H2,1-3H3,(H,42,47)/t33-/m1/s1. The molecule has 1 N–H and O–H groups in total. The number of nitrogens with one attached hydrogen (secondary N) is 1. The van der Waals surface area contributed by atoms with E-state index in [1.165, 1.54) is 17.2 Å². The van der Waals surface area contributed by atoms with Crippen LogP contribution in [0.2, 0.25) is 5.02 Å². The molecule has 0 bridgehead atoms. The molecule has 0 aliphatic carbocycles. The zero-order chi connectivity index (χ0) is 34.7. The lowest BCUT2D eigenvalue weighted by atomic mass is 9.86. The molecule has 3 aromatic carbocycles. The van der Waals surface area contributed by atoms with Gasteiger partial charge in [-0.3, -0.25) is 19.2 Å². The highest BCUT2D eigenvalue weighted by Crippen LogP contribution is 2.32. The summed E-state index contributed by atoms with van der Waals surface area (Å²) in [7, 11) is 0. The van der Waals surface area contributed by atoms with Crippen molar-refractivity contribution in [3.8, 4) is 0 Å². The van der Waals surface area contributed by atoms with Crippen LogP contribution in [0.5, 0.6) is 0 Å². The topological polar surface area (TPSA) is 99.9 Å². The molecule has 0 unspecified atom stereocenters. The number of carbonyl (C=O) groups is 3. The molecule has 1 atom stereocenters. The smallest absolute Gasteiger partial charge is 0.287 e. The van der Waals surface area contributed by atoms with Gasteiger partial charge in [-0.05, 0) is 83.5 Å². The Kier molecular flexibility index (Phi) is 10.3. The van der Waals surface area contributed by atoms with Crippen molar-refractivity contribution in [1.29, 1.82) is 0 Å². The van der Waals surface area contributed by atoms with Crippen LogP contribution in [0.1, 0.15) is 91.6 Å². The molecule has 0 radical (unpaired) electrons. The maximum Gasteiger partial charge on any atom is 0.287 e. The van der Waals surface area contributed by atoms with Crippen molar-refractivity contribution in [2.45, 2.75) is 83.2 Å². The Hall–Kier alpha value is -4.43. The predicted octanol–water partition coefficient (Wildman–Crippen LogP) is 7.00. The molecule has 3 heterocycles. The van der Waals surface area contributed by atoms with Crippen LogP contribution in [-0.2, 0) is 28.0 Å². The van der Waals surface area contributed by atoms with Crippen molar-refractivity contribution in [2.75, 3.05) is 19.6 Å². The Balaban J connectivity index is 1.18. The SMILES string of the molecule is CC(C)(C)c1ccc2oc(C(=O)N[C@H](Cc3ccc(Cl)cc3)C(=O)N3CCC(c4ccccc4CN4CCCCC4=O)CC3)cc(=O)c2c1. The molecule has 6 rings (SSSR count). The van der Waals surface area contributed by atoms with Gasteiger partial charge in [0, 0.05) is 50.1 Å². The van der Waals surface area contributed by atoms with E-state index >= 15 is 0 Å². The molecule has 2 fully saturated rings. The first-order valence-corrected chi connectivity index (χ1v) is 17.6. The van der Waals surface area contributed by atoms with Crippen LogP contribution in [-0.4, -0.2) is 53.2 Å². The van der Waals surface area contributed by atoms with Crippen LogP contribution in [0.3, 0.4) is 0 Å². The zero-order valence-corrected chi connectivity index (χ0v) is 29.2. The van der Waals surface area contributed by atoms with E-state index in [1.807, 2.05) is 46.2 Å². The third-order valence-corrected chi connectivity index (χ3v) is 10.1. The van der Waals surface area contributed by atoms with Crippen LogP contribution < -0.4 is 10.7 Å². The van der Waals surface area contributed by atoms with Crippen LogP contribution in [0.15, 0.2) is 82.0 Å². The molecule has 49 heavy (non-hydrogen) atoms. The van der Waals surface area contributed by atoms with Crippen LogP contribution in [0.25, 0.3) is 11.0 Å². The lowest BCUT2D eigenvalue weighted by molar-refractivity contribution is -0.135. The van der Waals surface area contributed by atoms with Crippen molar-refractivity contribution in [1.82, 2.24) is 15.1 Å². The molecule has 3 amide bonds. The number of halogens is 1. The number of amides is 3. The van der Waals surface area contributed by atoms with E-state index in [0.29, 0.717) is 42.0 Å². The van der Waals surface area contributed by atoms with E-state index in [0.717, 1.165) is 43.4 Å². The third kappa shape index (κ3) is 8.07. The summed E-state index contributed by atoms with van der Waals surface area (Å²) in [5.74, 6) is -0.477. The number of hydrogen-bond acceptors (Lipinski definition) is 5. The minimum Gasteiger partial charge on any atom is -0.451 e. The number of fused-ring (bicyclic) bond motifs is 1. The average Bonchev–Trinajstić information content (AvgIpc) is 3.09. The second-order valence-electron chi connectivity index (χ2n) is 14.4. The van der Waals surface area contributed by atoms with Crippen molar-refractivity contribution in [3.05, 3.63) is 116 Å². The van der Waals surface area contributed by atoms with Crippen molar-refractivity contribution in [2.24, 2.45) is 0 Å². The largest absolute Gasteiger partial charge is 0.451 e. The molecule has 4 aromatic rings. The first-order valence-electron chi connectivity index (χ1n) is 17.2. The van der Waals surface area contributed by atoms with Gasteiger partial charge in [0.1, 0.15) is 11.6 Å². The van der Waals surface area contributed by atoms with E-state index < -0.39 is 11.9 Å². The van der Waals surface area contributed by atoms with E-state index in [4.69, 9.17) is 16.0 Å². The Morgan fingerprint density at radius 3 is 2.39 bits per heavy atom. The fourth-order valence-electron chi connectivity index (χ4n) is 6.96. The zero-order valence-electron chi connectivity index (χ0n) is 28.5. The Morgan fingerprint density at radius 1 is 0.939 bits per heavy atom. The quantitative estimate of drug-likeness (QED) is 0.216. The van der Waals surface area contributed by atoms with Gasteiger partial charge in [0.25, 0.3) is 5.91 Å². The monoisotopic (exact) mass is 681 g/mol. The normalized spacial score (nSPS) is 16.5. The molecule has 2 aliphatic heterocycles. The van der Waals surface area contributed by atoms with Crippen LogP contribution >= 0.6 is 11.6 Å². The van der Waals surface area contributed by atoms with Gasteiger partial charge in [0.15, 0.2) is 11.2 Å². The van der Waals surface area contributed by atoms with Gasteiger partial charge in [0.2, 0.25) is 11.8 Å². The molecule has 2 aliphatic rings. The van der Waals surface area contributed by atoms with Crippen molar-refractivity contribution in [3.63, 3.8) is 0 Å². The molecule has 2 saturated heterocycles. The third-order valence-electron chi connectivity index (χ3n) is 9.86. The van der Waals surface area contributed by atoms with Crippen LogP contribution in [0, 0.1) is 0 Å². The summed E-state index contributed by atoms with van der Waals surface area (Å²) >= 11 is 6.12. The number of carbonyl (C=O) groups excluding carboxylic acids is 3. The molecule has 8 nitrogen and oxygen atoms in total. The van der Waals surface area contributed by atoms with Gasteiger partial charge in [-0.1, -0.05) is 74.8 Å². The molecular formula is C40H44ClN3O5. The predicted molar refractivity (Wildman–Crippen MR) is 192 cm³/mol. The van der Waals surface area contributed by atoms with Gasteiger partial charge in [-0.2, -0.15) is 0 Å². The summed E-state index contributed by atoms with van der Waals surface area (Å²) in [4.78, 5) is 57.1. The number of rotatable bonds is 8. The molecule has 1 aromatic heterocycles. The highest BCUT2D eigenvalue weighted by molar-refractivity contribution is 6.30. The number of nitrogens with zero attached hydrogens (tertiary/aromatic N) is 2. The van der Waals surface area contributed by atoms with E-state index in [2.05, 4.69) is 38.2 Å². The van der Waals surface area contributed by atoms with Gasteiger partial charge >= 0.3 is 0 Å². The summed E-state index contributed by atoms with van der Waals surface area (Å²) in [6, 6.07) is 21.3. The summed E-state index contributed by atoms with van der Waals surface area (Å²) < 4.78 is 5.92. The van der Waals surface area contributed by atoms with Gasteiger partial charge < -0.3 is 19.5 Å². The average molecular weight is 682 g/mol. The maximum absolute atomic E-state index is 14.1. The summed E-state index contributed by atoms with van der Waals surface area (Å²) in [5.41, 5.74) is 4.08. The molecule has 0 saturated carbocycles. The number of likely N-dealkylation sites (tertiary alicyclic amines) is 2. The molecule has 9 heteroatoms. The second-order valence-corrected chi connectivity index (χ2v) is 14.8. The highest BCUT2D eigenvalue weighted by atomic mass is 35.5. The van der Waals surface area contributed by atoms with Gasteiger partial charge in [0.05, 0.1) is 5.39 Å². The van der Waals surface area contributed by atoms with Gasteiger partial charge in [-0.15, -0.1) is 0 Å². The number of benzene rings is 3. The Bertz CT molecular complexity index is 1900. The van der Waals surface area contributed by atoms with Crippen LogP contribution in [0.4, 0.5) is 0 Å². The maximum atomic E-state index is 14.1. The van der Waals surface area contributed by atoms with E-state index in [1.54, 1.807) is 18.2 Å². The second kappa shape index (κ2) is 14.6. The van der Waals surface area contributed by atoms with E-state index in [9.17, 15) is 19.2 Å². The first-order chi connectivity index (χ1) is 23.5. The minimum atomic E-state index is -0.883. The summed E-state index contributed by atoms with van der Waals surface area (Å²) in [5, 5.41) is 3.88. The Morgan fingerprint density at radius 2 is 1.67 bits per heavy atom. The number of piperidine rings is 2. The summed E-state index contributed by atoms with van der Waals surface area (Å²) in [6.45, 7) is 8.68. The molecular weight excluding hydrogens is 638 g/mol. The fourth-order valence-corrected chi connectivity index (χ4v) is 7.09. The van der Waals surface area contributed by atoms with Crippen molar-refractivity contribution >= 4 is 40.3 Å². The van der Waals surface area contributed by atoms with Crippen molar-refractivity contribution < 1.29 is 18.8 Å². The lowest BCUT2D eigenvalue weighted by Crippen LogP contribution is -2.51. The molecule has 256 valence electrons. The summed E-state index contributed by atoms with van der Waals surface area (Å²) in [6.07, 6.45) is 4.40.